The van der Waals surface area contributed by atoms with Crippen LogP contribution in [0.4, 0.5) is 11.5 Å². The van der Waals surface area contributed by atoms with Crippen LogP contribution in [0, 0.1) is 0 Å². The van der Waals surface area contributed by atoms with Gasteiger partial charge < -0.3 is 10.6 Å². The molecular weight excluding hydrogens is 270 g/mol. The van der Waals surface area contributed by atoms with Crippen molar-refractivity contribution in [3.63, 3.8) is 0 Å². The second kappa shape index (κ2) is 5.84. The van der Waals surface area contributed by atoms with E-state index in [-0.39, 0.29) is 5.91 Å². The van der Waals surface area contributed by atoms with Crippen LogP contribution in [0.2, 0.25) is 5.15 Å². The molecule has 0 aliphatic rings. The van der Waals surface area contributed by atoms with E-state index in [0.29, 0.717) is 17.5 Å². The van der Waals surface area contributed by atoms with E-state index in [1.54, 1.807) is 17.4 Å². The van der Waals surface area contributed by atoms with Crippen molar-refractivity contribution in [3.05, 3.63) is 39.7 Å². The lowest BCUT2D eigenvalue weighted by atomic mass is 10.3. The van der Waals surface area contributed by atoms with E-state index in [4.69, 9.17) is 11.6 Å². The Hall–Kier alpha value is -1.59. The van der Waals surface area contributed by atoms with Crippen LogP contribution in [-0.2, 0) is 11.3 Å². The van der Waals surface area contributed by atoms with E-state index in [0.717, 1.165) is 10.6 Å². The zero-order chi connectivity index (χ0) is 13.0. The molecule has 94 valence electrons. The Morgan fingerprint density at radius 3 is 3.00 bits per heavy atom. The molecule has 6 heteroatoms. The molecule has 1 amide bonds. The molecule has 0 saturated heterocycles. The van der Waals surface area contributed by atoms with Gasteiger partial charge in [-0.05, 0) is 23.6 Å². The summed E-state index contributed by atoms with van der Waals surface area (Å²) in [6.45, 7) is 2.09. The topological polar surface area (TPSA) is 54.0 Å². The highest BCUT2D eigenvalue weighted by Gasteiger charge is 2.05. The molecule has 2 aromatic rings. The molecule has 0 fully saturated rings. The number of pyridine rings is 1. The quantitative estimate of drug-likeness (QED) is 0.845. The van der Waals surface area contributed by atoms with Gasteiger partial charge in [0.2, 0.25) is 5.91 Å². The summed E-state index contributed by atoms with van der Waals surface area (Å²) in [6.07, 6.45) is 0. The number of hydrogen-bond donors (Lipinski definition) is 2. The van der Waals surface area contributed by atoms with Crippen molar-refractivity contribution in [2.45, 2.75) is 13.5 Å². The highest BCUT2D eigenvalue weighted by molar-refractivity contribution is 7.10. The van der Waals surface area contributed by atoms with Crippen LogP contribution in [0.15, 0.2) is 29.6 Å². The molecule has 0 saturated carbocycles. The number of nitrogens with one attached hydrogen (secondary N) is 2. The van der Waals surface area contributed by atoms with Crippen molar-refractivity contribution in [1.82, 2.24) is 4.98 Å². The fourth-order valence-corrected chi connectivity index (χ4v) is 2.39. The van der Waals surface area contributed by atoms with E-state index < -0.39 is 0 Å². The Balaban J connectivity index is 2.02. The molecular formula is C12H12ClN3OS. The second-order valence-corrected chi connectivity index (χ2v) is 5.03. The first-order chi connectivity index (χ1) is 8.65. The van der Waals surface area contributed by atoms with Crippen molar-refractivity contribution in [2.75, 3.05) is 10.6 Å². The summed E-state index contributed by atoms with van der Waals surface area (Å²) in [4.78, 5) is 16.2. The van der Waals surface area contributed by atoms with Gasteiger partial charge in [-0.25, -0.2) is 4.98 Å². The average molecular weight is 282 g/mol. The van der Waals surface area contributed by atoms with Crippen molar-refractivity contribution < 1.29 is 4.79 Å². The molecule has 2 heterocycles. The fraction of sp³-hybridized carbons (Fsp3) is 0.167. The number of nitrogens with zero attached hydrogens (tertiary/aromatic N) is 1. The van der Waals surface area contributed by atoms with Crippen molar-refractivity contribution in [2.24, 2.45) is 0 Å². The van der Waals surface area contributed by atoms with Gasteiger partial charge in [0, 0.05) is 11.8 Å². The molecule has 18 heavy (non-hydrogen) atoms. The third-order valence-electron chi connectivity index (χ3n) is 2.20. The van der Waals surface area contributed by atoms with Crippen molar-refractivity contribution in [1.29, 1.82) is 0 Å². The molecule has 0 spiro atoms. The number of aromatic nitrogens is 1. The van der Waals surface area contributed by atoms with Gasteiger partial charge in [-0.3, -0.25) is 4.79 Å². The molecule has 2 aromatic heterocycles. The standard InChI is InChI=1S/C12H12ClN3OS/c1-8(17)15-9-5-6-18-10(9)7-14-12-4-2-3-11(13)16-12/h2-6H,7H2,1H3,(H,14,16)(H,15,17). The maximum absolute atomic E-state index is 11.0. The minimum absolute atomic E-state index is 0.0736. The Morgan fingerprint density at radius 2 is 2.28 bits per heavy atom. The number of carbonyl (C=O) groups is 1. The summed E-state index contributed by atoms with van der Waals surface area (Å²) in [5, 5.41) is 8.34. The largest absolute Gasteiger partial charge is 0.365 e. The van der Waals surface area contributed by atoms with E-state index in [2.05, 4.69) is 15.6 Å². The van der Waals surface area contributed by atoms with E-state index in [1.165, 1.54) is 6.92 Å². The Kier molecular flexibility index (Phi) is 4.17. The fourth-order valence-electron chi connectivity index (χ4n) is 1.46. The minimum Gasteiger partial charge on any atom is -0.365 e. The zero-order valence-corrected chi connectivity index (χ0v) is 11.3. The molecule has 4 nitrogen and oxygen atoms in total. The van der Waals surface area contributed by atoms with Gasteiger partial charge in [-0.1, -0.05) is 17.7 Å². The molecule has 0 bridgehead atoms. The molecule has 0 unspecified atom stereocenters. The number of amides is 1. The SMILES string of the molecule is CC(=O)Nc1ccsc1CNc1cccc(Cl)n1. The van der Waals surface area contributed by atoms with Gasteiger partial charge in [0.1, 0.15) is 11.0 Å². The highest BCUT2D eigenvalue weighted by Crippen LogP contribution is 2.23. The van der Waals surface area contributed by atoms with Crippen LogP contribution < -0.4 is 10.6 Å². The van der Waals surface area contributed by atoms with Gasteiger partial charge in [0.15, 0.2) is 0 Å². The summed E-state index contributed by atoms with van der Waals surface area (Å²) >= 11 is 7.38. The van der Waals surface area contributed by atoms with Crippen LogP contribution >= 0.6 is 22.9 Å². The molecule has 0 radical (unpaired) electrons. The molecule has 2 rings (SSSR count). The van der Waals surface area contributed by atoms with Crippen LogP contribution in [0.5, 0.6) is 0 Å². The van der Waals surface area contributed by atoms with E-state index >= 15 is 0 Å². The normalized spacial score (nSPS) is 10.1. The van der Waals surface area contributed by atoms with Crippen LogP contribution in [0.1, 0.15) is 11.8 Å². The maximum Gasteiger partial charge on any atom is 0.221 e. The lowest BCUT2D eigenvalue weighted by Gasteiger charge is -2.07. The number of anilines is 2. The Morgan fingerprint density at radius 1 is 1.44 bits per heavy atom. The Bertz CT molecular complexity index is 556. The first-order valence-corrected chi connectivity index (χ1v) is 6.61. The van der Waals surface area contributed by atoms with Crippen LogP contribution in [-0.4, -0.2) is 10.9 Å². The summed E-state index contributed by atoms with van der Waals surface area (Å²) in [5.74, 6) is 0.639. The Labute approximate surface area is 114 Å². The van der Waals surface area contributed by atoms with Crippen LogP contribution in [0.25, 0.3) is 0 Å². The number of rotatable bonds is 4. The van der Waals surface area contributed by atoms with E-state index in [1.807, 2.05) is 23.6 Å². The summed E-state index contributed by atoms with van der Waals surface area (Å²) in [5.41, 5.74) is 0.835. The maximum atomic E-state index is 11.0. The number of halogens is 1. The second-order valence-electron chi connectivity index (χ2n) is 3.64. The van der Waals surface area contributed by atoms with Crippen molar-refractivity contribution in [3.8, 4) is 0 Å². The predicted molar refractivity (Wildman–Crippen MR) is 75.2 cm³/mol. The van der Waals surface area contributed by atoms with Crippen molar-refractivity contribution >= 4 is 40.4 Å². The smallest absolute Gasteiger partial charge is 0.221 e. The summed E-state index contributed by atoms with van der Waals surface area (Å²) < 4.78 is 0. The number of hydrogen-bond acceptors (Lipinski definition) is 4. The molecule has 0 aliphatic heterocycles. The van der Waals surface area contributed by atoms with Gasteiger partial charge in [-0.2, -0.15) is 0 Å². The zero-order valence-electron chi connectivity index (χ0n) is 9.74. The molecule has 0 atom stereocenters. The molecule has 2 N–H and O–H groups in total. The number of carbonyl (C=O) groups excluding carboxylic acids is 1. The number of thiophene rings is 1. The van der Waals surface area contributed by atoms with Gasteiger partial charge in [0.25, 0.3) is 0 Å². The monoisotopic (exact) mass is 281 g/mol. The molecule has 0 aliphatic carbocycles. The van der Waals surface area contributed by atoms with Gasteiger partial charge >= 0.3 is 0 Å². The van der Waals surface area contributed by atoms with Crippen LogP contribution in [0.3, 0.4) is 0 Å². The minimum atomic E-state index is -0.0736. The third kappa shape index (κ3) is 3.45. The van der Waals surface area contributed by atoms with Gasteiger partial charge in [-0.15, -0.1) is 11.3 Å². The average Bonchev–Trinajstić information content (AvgIpc) is 2.73. The van der Waals surface area contributed by atoms with Gasteiger partial charge in [0.05, 0.1) is 12.2 Å². The lowest BCUT2D eigenvalue weighted by molar-refractivity contribution is -0.114. The predicted octanol–water partition coefficient (Wildman–Crippen LogP) is 3.37. The first-order valence-electron chi connectivity index (χ1n) is 5.35. The third-order valence-corrected chi connectivity index (χ3v) is 3.33. The summed E-state index contributed by atoms with van der Waals surface area (Å²) in [7, 11) is 0. The lowest BCUT2D eigenvalue weighted by Crippen LogP contribution is -2.08. The summed E-state index contributed by atoms with van der Waals surface area (Å²) in [6, 6.07) is 7.29. The van der Waals surface area contributed by atoms with E-state index in [9.17, 15) is 4.79 Å². The first kappa shape index (κ1) is 12.9. The molecule has 0 aromatic carbocycles. The highest BCUT2D eigenvalue weighted by atomic mass is 35.5.